The average Bonchev–Trinajstić information content (AvgIpc) is 3.13. The minimum atomic E-state index is -0.0311. The Hall–Kier alpha value is -3.81. The van der Waals surface area contributed by atoms with Gasteiger partial charge >= 0.3 is 0 Å². The molecule has 6 aromatic rings. The lowest BCUT2D eigenvalue weighted by Crippen LogP contribution is -2.15. The highest BCUT2D eigenvalue weighted by molar-refractivity contribution is 7.99. The minimum absolute atomic E-state index is 0.0311. The molecule has 0 aromatic heterocycles. The van der Waals surface area contributed by atoms with Crippen molar-refractivity contribution >= 4 is 33.3 Å². The molecule has 36 heavy (non-hydrogen) atoms. The lowest BCUT2D eigenvalue weighted by Gasteiger charge is -2.23. The van der Waals surface area contributed by atoms with Gasteiger partial charge < -0.3 is 0 Å². The Balaban J connectivity index is 1.31. The molecule has 0 fully saturated rings. The number of hydrogen-bond donors (Lipinski definition) is 0. The molecule has 1 aliphatic heterocycles. The molecule has 0 bridgehead atoms. The van der Waals surface area contributed by atoms with Crippen LogP contribution in [0.4, 0.5) is 0 Å². The van der Waals surface area contributed by atoms with Crippen molar-refractivity contribution in [3.63, 3.8) is 0 Å². The Morgan fingerprint density at radius 1 is 0.472 bits per heavy atom. The molecule has 0 spiro atoms. The summed E-state index contributed by atoms with van der Waals surface area (Å²) in [6, 6.07) is 40.9. The normalized spacial score (nSPS) is 14.5. The first-order valence-corrected chi connectivity index (χ1v) is 13.4. The van der Waals surface area contributed by atoms with Gasteiger partial charge in [0.15, 0.2) is 0 Å². The van der Waals surface area contributed by atoms with Crippen molar-refractivity contribution in [3.05, 3.63) is 120 Å². The van der Waals surface area contributed by atoms with E-state index >= 15 is 0 Å². The summed E-state index contributed by atoms with van der Waals surface area (Å²) in [6.07, 6.45) is 0. The molecule has 0 unspecified atom stereocenters. The van der Waals surface area contributed by atoms with Gasteiger partial charge in [0.1, 0.15) is 0 Å². The standard InChI is InChI=1S/C35H24S/c1-35(2)30-19-23(14-15-26(30)29-17-21-8-3-4-9-22(21)18-31(29)35)25-16-24-10-7-12-28-27-11-5-6-13-32(27)36-33(20-25)34(24)28/h3-20H,1-2H3. The zero-order chi connectivity index (χ0) is 24.0. The van der Waals surface area contributed by atoms with Gasteiger partial charge in [-0.3, -0.25) is 0 Å². The van der Waals surface area contributed by atoms with E-state index in [9.17, 15) is 0 Å². The van der Waals surface area contributed by atoms with Gasteiger partial charge in [-0.2, -0.15) is 0 Å². The Bertz CT molecular complexity index is 1890. The molecular formula is C35H24S. The highest BCUT2D eigenvalue weighted by Gasteiger charge is 2.36. The Morgan fingerprint density at radius 3 is 2.08 bits per heavy atom. The number of fused-ring (bicyclic) bond motifs is 6. The van der Waals surface area contributed by atoms with Crippen LogP contribution < -0.4 is 0 Å². The summed E-state index contributed by atoms with van der Waals surface area (Å²) in [5.41, 5.74) is 10.9. The Morgan fingerprint density at radius 2 is 1.19 bits per heavy atom. The van der Waals surface area contributed by atoms with Gasteiger partial charge in [0.25, 0.3) is 0 Å². The molecule has 0 nitrogen and oxygen atoms in total. The van der Waals surface area contributed by atoms with Crippen LogP contribution in [0.25, 0.3) is 54.9 Å². The summed E-state index contributed by atoms with van der Waals surface area (Å²) in [6.45, 7) is 4.75. The minimum Gasteiger partial charge on any atom is -0.0888 e. The summed E-state index contributed by atoms with van der Waals surface area (Å²) in [4.78, 5) is 2.69. The van der Waals surface area contributed by atoms with Crippen molar-refractivity contribution in [1.29, 1.82) is 0 Å². The van der Waals surface area contributed by atoms with Gasteiger partial charge in [0.2, 0.25) is 0 Å². The summed E-state index contributed by atoms with van der Waals surface area (Å²) in [5.74, 6) is 0. The topological polar surface area (TPSA) is 0 Å². The highest BCUT2D eigenvalue weighted by Crippen LogP contribution is 2.52. The van der Waals surface area contributed by atoms with Crippen LogP contribution in [0.15, 0.2) is 119 Å². The summed E-state index contributed by atoms with van der Waals surface area (Å²) < 4.78 is 0. The third-order valence-corrected chi connectivity index (χ3v) is 9.33. The van der Waals surface area contributed by atoms with E-state index in [2.05, 4.69) is 123 Å². The maximum atomic E-state index is 2.44. The fourth-order valence-corrected chi connectivity index (χ4v) is 7.54. The van der Waals surface area contributed by atoms with Gasteiger partial charge in [-0.1, -0.05) is 98.4 Å². The second-order valence-electron chi connectivity index (χ2n) is 10.6. The molecule has 0 N–H and O–H groups in total. The maximum absolute atomic E-state index is 2.44. The van der Waals surface area contributed by atoms with Crippen LogP contribution in [-0.2, 0) is 5.41 Å². The molecule has 1 aliphatic carbocycles. The van der Waals surface area contributed by atoms with Gasteiger partial charge in [-0.15, -0.1) is 0 Å². The Kier molecular flexibility index (Phi) is 4.03. The van der Waals surface area contributed by atoms with Gasteiger partial charge in [-0.05, 0) is 97.1 Å². The van der Waals surface area contributed by atoms with Crippen molar-refractivity contribution in [1.82, 2.24) is 0 Å². The van der Waals surface area contributed by atoms with Crippen LogP contribution in [-0.4, -0.2) is 0 Å². The van der Waals surface area contributed by atoms with Crippen LogP contribution in [0.3, 0.4) is 0 Å². The van der Waals surface area contributed by atoms with Crippen LogP contribution in [0.5, 0.6) is 0 Å². The quantitative estimate of drug-likeness (QED) is 0.227. The monoisotopic (exact) mass is 476 g/mol. The molecular weight excluding hydrogens is 452 g/mol. The SMILES string of the molecule is CC1(C)c2cc(-c3cc4c5c(cccc5c3)-c3ccccc3S4)ccc2-c2cc3ccccc3cc21. The lowest BCUT2D eigenvalue weighted by atomic mass is 9.81. The zero-order valence-corrected chi connectivity index (χ0v) is 21.1. The van der Waals surface area contributed by atoms with Crippen molar-refractivity contribution in [3.8, 4) is 33.4 Å². The van der Waals surface area contributed by atoms with Crippen LogP contribution in [0.1, 0.15) is 25.0 Å². The lowest BCUT2D eigenvalue weighted by molar-refractivity contribution is 0.661. The van der Waals surface area contributed by atoms with Gasteiger partial charge in [-0.25, -0.2) is 0 Å². The van der Waals surface area contributed by atoms with E-state index in [-0.39, 0.29) is 5.41 Å². The molecule has 170 valence electrons. The van der Waals surface area contributed by atoms with E-state index in [1.54, 1.807) is 0 Å². The van der Waals surface area contributed by atoms with Crippen molar-refractivity contribution in [2.75, 3.05) is 0 Å². The fourth-order valence-electron chi connectivity index (χ4n) is 6.36. The predicted molar refractivity (Wildman–Crippen MR) is 154 cm³/mol. The molecule has 1 heteroatoms. The van der Waals surface area contributed by atoms with Crippen molar-refractivity contribution in [2.45, 2.75) is 29.1 Å². The van der Waals surface area contributed by atoms with E-state index in [4.69, 9.17) is 0 Å². The predicted octanol–water partition coefficient (Wildman–Crippen LogP) is 10.1. The first-order chi connectivity index (χ1) is 17.6. The molecule has 6 aromatic carbocycles. The van der Waals surface area contributed by atoms with Crippen molar-refractivity contribution in [2.24, 2.45) is 0 Å². The van der Waals surface area contributed by atoms with Gasteiger partial charge in [0.05, 0.1) is 0 Å². The highest BCUT2D eigenvalue weighted by atomic mass is 32.2. The van der Waals surface area contributed by atoms with E-state index in [0.717, 1.165) is 0 Å². The molecule has 0 saturated carbocycles. The molecule has 0 radical (unpaired) electrons. The summed E-state index contributed by atoms with van der Waals surface area (Å²) in [5, 5.41) is 5.33. The van der Waals surface area contributed by atoms with E-state index in [1.807, 2.05) is 11.8 Å². The Labute approximate surface area is 215 Å². The fraction of sp³-hybridized carbons (Fsp3) is 0.0857. The molecule has 2 aliphatic rings. The molecule has 0 saturated heterocycles. The van der Waals surface area contributed by atoms with Gasteiger partial charge in [0, 0.05) is 20.6 Å². The summed E-state index contributed by atoms with van der Waals surface area (Å²) >= 11 is 1.90. The number of benzene rings is 6. The van der Waals surface area contributed by atoms with Crippen molar-refractivity contribution < 1.29 is 0 Å². The summed E-state index contributed by atoms with van der Waals surface area (Å²) in [7, 11) is 0. The van der Waals surface area contributed by atoms with Crippen LogP contribution >= 0.6 is 11.8 Å². The largest absolute Gasteiger partial charge is 0.0888 e. The maximum Gasteiger partial charge on any atom is 0.0213 e. The molecule has 1 heterocycles. The smallest absolute Gasteiger partial charge is 0.0213 e. The average molecular weight is 477 g/mol. The third kappa shape index (κ3) is 2.72. The molecule has 8 rings (SSSR count). The second kappa shape index (κ2) is 7.12. The van der Waals surface area contributed by atoms with E-state index in [0.29, 0.717) is 0 Å². The number of hydrogen-bond acceptors (Lipinski definition) is 1. The second-order valence-corrected chi connectivity index (χ2v) is 11.7. The third-order valence-electron chi connectivity index (χ3n) is 8.21. The van der Waals surface area contributed by atoms with Crippen LogP contribution in [0.2, 0.25) is 0 Å². The first-order valence-electron chi connectivity index (χ1n) is 12.6. The molecule has 0 amide bonds. The van der Waals surface area contributed by atoms with E-state index in [1.165, 1.54) is 75.8 Å². The molecule has 0 atom stereocenters. The first kappa shape index (κ1) is 20.4. The number of rotatable bonds is 1. The van der Waals surface area contributed by atoms with Crippen LogP contribution in [0, 0.1) is 0 Å². The zero-order valence-electron chi connectivity index (χ0n) is 20.3. The van der Waals surface area contributed by atoms with E-state index < -0.39 is 0 Å².